The molecule has 0 amide bonds. The molecule has 0 aromatic carbocycles. The monoisotopic (exact) mass is 1970 g/mol. The quantitative estimate of drug-likeness (QED) is 0.163. The van der Waals surface area contributed by atoms with Crippen molar-refractivity contribution in [1.82, 2.24) is 0 Å². The fraction of sp³-hybridized carbons (Fsp3) is 0.837. The molecule has 0 aromatic heterocycles. The molecule has 22 bridgehead atoms. The van der Waals surface area contributed by atoms with E-state index in [2.05, 4.69) is 19.1 Å². The summed E-state index contributed by atoms with van der Waals surface area (Å²) in [4.78, 5) is 170. The second kappa shape index (κ2) is 30.7. The molecule has 17 saturated carbocycles. The first-order valence-corrected chi connectivity index (χ1v) is 54.2. The molecule has 56 unspecified atom stereocenters. The fourth-order valence-electron chi connectivity index (χ4n) is 36.1. The van der Waals surface area contributed by atoms with Gasteiger partial charge in [-0.25, -0.2) is 0 Å². The minimum atomic E-state index is -3.64. The van der Waals surface area contributed by atoms with Gasteiger partial charge in [-0.3, -0.25) is 75.5 Å². The third-order valence-electron chi connectivity index (χ3n) is 41.7. The van der Waals surface area contributed by atoms with Gasteiger partial charge in [-0.15, -0.1) is 0 Å². The van der Waals surface area contributed by atoms with E-state index in [1.54, 1.807) is 0 Å². The molecular formula is C98H108N2O37S2. The molecule has 41 heteroatoms. The van der Waals surface area contributed by atoms with E-state index in [0.717, 1.165) is 128 Å². The average Bonchev–Trinajstić information content (AvgIpc) is 1.54. The maximum atomic E-state index is 12.8. The predicted molar refractivity (Wildman–Crippen MR) is 442 cm³/mol. The van der Waals surface area contributed by atoms with Crippen LogP contribution in [0.1, 0.15) is 162 Å². The summed E-state index contributed by atoms with van der Waals surface area (Å²) in [5.74, 6) is -4.39. The van der Waals surface area contributed by atoms with Crippen LogP contribution in [0.5, 0.6) is 0 Å². The fourth-order valence-corrected chi connectivity index (χ4v) is 39.7. The van der Waals surface area contributed by atoms with Gasteiger partial charge in [-0.2, -0.15) is 27.4 Å². The number of esters is 14. The smallest absolute Gasteiger partial charge is 0.313 e. The van der Waals surface area contributed by atoms with Gasteiger partial charge in [0, 0.05) is 65.1 Å². The zero-order valence-electron chi connectivity index (χ0n) is 75.9. The van der Waals surface area contributed by atoms with E-state index in [0.29, 0.717) is 37.0 Å². The van der Waals surface area contributed by atoms with Crippen molar-refractivity contribution in [2.24, 2.45) is 195 Å². The first kappa shape index (κ1) is 88.0. The van der Waals surface area contributed by atoms with E-state index in [-0.39, 0.29) is 316 Å². The Labute approximate surface area is 796 Å². The highest BCUT2D eigenvalue weighted by molar-refractivity contribution is 7.88. The minimum Gasteiger partial charge on any atom is -0.462 e. The van der Waals surface area contributed by atoms with Crippen molar-refractivity contribution in [1.29, 1.82) is 10.5 Å². The lowest BCUT2D eigenvalue weighted by Crippen LogP contribution is -2.44. The van der Waals surface area contributed by atoms with Crippen LogP contribution >= 0.6 is 0 Å². The van der Waals surface area contributed by atoms with E-state index < -0.39 is 109 Å². The van der Waals surface area contributed by atoms with Crippen LogP contribution in [0.3, 0.4) is 0 Å². The summed E-state index contributed by atoms with van der Waals surface area (Å²) in [5, 5.41) is 16.7. The largest absolute Gasteiger partial charge is 0.462 e. The van der Waals surface area contributed by atoms with Crippen LogP contribution < -0.4 is 0 Å². The van der Waals surface area contributed by atoms with Gasteiger partial charge < -0.3 is 80.5 Å². The Morgan fingerprint density at radius 3 is 1.20 bits per heavy atom. The maximum Gasteiger partial charge on any atom is 0.313 e. The number of ether oxygens (including phenoxy) is 17. The molecule has 34 fully saturated rings. The van der Waals surface area contributed by atoms with E-state index in [9.17, 15) is 84.0 Å². The lowest BCUT2D eigenvalue weighted by molar-refractivity contribution is -0.170. The Bertz CT molecular complexity index is 5520. The standard InChI is InChI=1S/C17H18O6.C16H18O7S.C16H16O7.C16H22O4.C15H16O8S.C9H9NO3.C9H9NO2/c18-15-8-3-6-2-7(8)14(23-15)13(6)22-16(19)11-5-1-9-10(4-5)21-17(20)12(9)11;17-15(11-5-1-7-9(3-5)21-16(18)12(7)11)22-13-6-2-8-10(4-6)24(19,20)23-14(8)13;17-14-6-3-8-12(13(23-14)11(6)20-8)22-15(18)9-4-1-5-7(2-4)21-16(19)10(5)9;1-2-16(5-3-4-6-16)20-15(18)12-9-7-10-11(8-9)19-14(17)13(10)12;16-14(9-4-1-5-6(2-4)21-15(17)10(5)9)22-11-7-3-8-12(20-7)13(11)23-24(8,18)19;1-3-6-4(2-10)5-8(12-6)7(3)13-9(5)11;10-3-6-4-1-5-7(2-4)12-9(11)8(5)6/h5-14H,1-4H2;5-14H,1-4H2;4-13H,1-3H2;9-13H,2-8H2,1H3;4-13H,1-3H2;3-8H,1H3;4-8H,1-2H2. The Kier molecular flexibility index (Phi) is 19.4. The van der Waals surface area contributed by atoms with Crippen molar-refractivity contribution >= 4 is 104 Å². The van der Waals surface area contributed by atoms with Crippen LogP contribution in [-0.4, -0.2) is 245 Å². The van der Waals surface area contributed by atoms with Crippen molar-refractivity contribution < 1.29 is 173 Å². The molecule has 56 atom stereocenters. The molecule has 0 aromatic rings. The van der Waals surface area contributed by atoms with Crippen molar-refractivity contribution in [2.75, 3.05) is 0 Å². The molecule has 34 rings (SSSR count). The van der Waals surface area contributed by atoms with Gasteiger partial charge in [0.15, 0.2) is 18.3 Å². The van der Waals surface area contributed by atoms with Gasteiger partial charge in [0.1, 0.15) is 108 Å². The maximum absolute atomic E-state index is 12.8. The molecule has 0 spiro atoms. The average molecular weight is 1970 g/mol. The number of hydrogen-bond donors (Lipinski definition) is 0. The molecule has 39 nitrogen and oxygen atoms in total. The molecule has 17 aliphatic heterocycles. The molecular weight excluding hydrogens is 1860 g/mol. The highest BCUT2D eigenvalue weighted by Crippen LogP contribution is 2.67. The Morgan fingerprint density at radius 1 is 0.317 bits per heavy atom. The van der Waals surface area contributed by atoms with E-state index in [1.807, 2.05) is 6.92 Å². The molecule has 17 aliphatic carbocycles. The number of nitrogens with zero attached hydrogens (tertiary/aromatic N) is 2. The van der Waals surface area contributed by atoms with E-state index >= 15 is 0 Å². The Morgan fingerprint density at radius 2 is 0.698 bits per heavy atom. The zero-order chi connectivity index (χ0) is 95.0. The van der Waals surface area contributed by atoms with Crippen molar-refractivity contribution in [3.05, 3.63) is 0 Å². The Balaban J connectivity index is 0.0000000807. The van der Waals surface area contributed by atoms with Crippen LogP contribution in [0.15, 0.2) is 0 Å². The van der Waals surface area contributed by atoms with E-state index in [4.69, 9.17) is 99.4 Å². The third-order valence-corrected chi connectivity index (χ3v) is 45.2. The van der Waals surface area contributed by atoms with Crippen LogP contribution in [-0.2, 0) is 176 Å². The topological polar surface area (TPSA) is 530 Å². The molecule has 0 radical (unpaired) electrons. The first-order chi connectivity index (χ1) is 66.8. The highest BCUT2D eigenvalue weighted by atomic mass is 32.2. The number of carbonyl (C=O) groups is 14. The number of rotatable bonds is 11. The number of fused-ring (bicyclic) bond motifs is 11. The summed E-state index contributed by atoms with van der Waals surface area (Å²) in [6.07, 6.45) is 13.6. The highest BCUT2D eigenvalue weighted by Gasteiger charge is 2.77. The normalized spacial score (nSPS) is 55.0. The minimum absolute atomic E-state index is 0.00363. The summed E-state index contributed by atoms with van der Waals surface area (Å²) >= 11 is 0. The molecule has 139 heavy (non-hydrogen) atoms. The summed E-state index contributed by atoms with van der Waals surface area (Å²) in [5.41, 5.74) is -0.249. The van der Waals surface area contributed by atoms with Gasteiger partial charge >= 0.3 is 83.6 Å². The number of carbonyl (C=O) groups excluding carboxylic acids is 14. The summed E-state index contributed by atoms with van der Waals surface area (Å²) in [6.45, 7) is 4.08. The van der Waals surface area contributed by atoms with Crippen molar-refractivity contribution in [2.45, 2.75) is 306 Å². The number of nitriles is 2. The zero-order valence-corrected chi connectivity index (χ0v) is 77.5. The van der Waals surface area contributed by atoms with Gasteiger partial charge in [0.25, 0.3) is 20.2 Å². The molecule has 17 heterocycles. The summed E-state index contributed by atoms with van der Waals surface area (Å²) < 4.78 is 152. The molecule has 0 N–H and O–H groups in total. The predicted octanol–water partition coefficient (Wildman–Crippen LogP) is 3.33. The van der Waals surface area contributed by atoms with Gasteiger partial charge in [-0.05, 0) is 183 Å². The Hall–Kier alpha value is -8.74. The van der Waals surface area contributed by atoms with Crippen LogP contribution in [0, 0.1) is 218 Å². The second-order valence-corrected chi connectivity index (χ2v) is 50.7. The lowest BCUT2D eigenvalue weighted by atomic mass is 9.76. The summed E-state index contributed by atoms with van der Waals surface area (Å²) in [7, 11) is -7.15. The van der Waals surface area contributed by atoms with Gasteiger partial charge in [0.05, 0.1) is 124 Å². The molecule has 17 saturated heterocycles. The van der Waals surface area contributed by atoms with Gasteiger partial charge in [-0.1, -0.05) is 13.8 Å². The van der Waals surface area contributed by atoms with Crippen LogP contribution in [0.4, 0.5) is 0 Å². The summed E-state index contributed by atoms with van der Waals surface area (Å²) in [6, 6.07) is 4.41. The SMILES string of the molecule is CC1C2OC3C1OC(=O)C3C2C#N.CCC1(OC(=O)C2C3CC4OC(=O)C2C4C3)CCCC1.N#CC1C2CC3OC(=O)C1C3C2.O=C(OC1C2CC3C(O2)C1OS3(=O)=O)C1C2CC3OC(=O)C1C3C2.O=C(OC1C2CC3C1OS(=O)(=O)C3C2)C1C2CC3OC(=O)C1C3C2.O=C1OC2C(OC(=O)C3C4CC5OC(=O)C3C5C4)C3CC1C2O3.O=C1OC2C3CC(CC13)C2OC(=O)C1C2CC3OC(=O)C1C3C2. The van der Waals surface area contributed by atoms with Crippen LogP contribution in [0.25, 0.3) is 0 Å². The first-order valence-electron chi connectivity index (χ1n) is 51.3. The van der Waals surface area contributed by atoms with Gasteiger partial charge in [0.2, 0.25) is 0 Å². The van der Waals surface area contributed by atoms with Crippen molar-refractivity contribution in [3.63, 3.8) is 0 Å². The second-order valence-electron chi connectivity index (χ2n) is 47.2. The van der Waals surface area contributed by atoms with E-state index in [1.165, 1.54) is 0 Å². The third kappa shape index (κ3) is 12.4. The lowest BCUT2D eigenvalue weighted by Gasteiger charge is -2.31. The van der Waals surface area contributed by atoms with Crippen molar-refractivity contribution in [3.8, 4) is 12.1 Å². The molecule has 34 aliphatic rings. The van der Waals surface area contributed by atoms with Crippen LogP contribution in [0.2, 0.25) is 0 Å². The molecule has 744 valence electrons. The number of hydrogen-bond acceptors (Lipinski definition) is 39.